The van der Waals surface area contributed by atoms with Gasteiger partial charge in [-0.25, -0.2) is 4.79 Å². The van der Waals surface area contributed by atoms with E-state index in [2.05, 4.69) is 12.2 Å². The largest absolute Gasteiger partial charge is 0.480 e. The molecule has 1 fully saturated rings. The van der Waals surface area contributed by atoms with E-state index in [1.165, 1.54) is 0 Å². The molecule has 0 aromatic carbocycles. The van der Waals surface area contributed by atoms with Gasteiger partial charge in [-0.15, -0.1) is 6.42 Å². The first kappa shape index (κ1) is 12.6. The standard InChI is InChI=1S/C12H17NO3/c1-3-9-5-7-12(8-6-9,11(15)16)13-10(14)4-2/h2,9H,3,5-8H2,1H3,(H,13,14)(H,15,16). The molecule has 4 nitrogen and oxygen atoms in total. The lowest BCUT2D eigenvalue weighted by molar-refractivity contribution is -0.149. The summed E-state index contributed by atoms with van der Waals surface area (Å²) >= 11 is 0. The highest BCUT2D eigenvalue weighted by atomic mass is 16.4. The van der Waals surface area contributed by atoms with Crippen molar-refractivity contribution in [1.29, 1.82) is 0 Å². The van der Waals surface area contributed by atoms with Gasteiger partial charge in [-0.2, -0.15) is 0 Å². The molecular formula is C12H17NO3. The molecule has 1 rings (SSSR count). The van der Waals surface area contributed by atoms with E-state index in [9.17, 15) is 14.7 Å². The maximum Gasteiger partial charge on any atom is 0.329 e. The summed E-state index contributed by atoms with van der Waals surface area (Å²) in [7, 11) is 0. The van der Waals surface area contributed by atoms with Crippen molar-refractivity contribution >= 4 is 11.9 Å². The van der Waals surface area contributed by atoms with E-state index in [0.717, 1.165) is 19.3 Å². The Bertz CT molecular complexity index is 322. The van der Waals surface area contributed by atoms with Gasteiger partial charge >= 0.3 is 5.97 Å². The maximum atomic E-state index is 11.2. The lowest BCUT2D eigenvalue weighted by atomic mass is 9.75. The van der Waals surface area contributed by atoms with Crippen LogP contribution < -0.4 is 5.32 Å². The van der Waals surface area contributed by atoms with Crippen LogP contribution in [-0.4, -0.2) is 22.5 Å². The Morgan fingerprint density at radius 1 is 1.50 bits per heavy atom. The van der Waals surface area contributed by atoms with Crippen LogP contribution in [0, 0.1) is 18.3 Å². The van der Waals surface area contributed by atoms with E-state index < -0.39 is 17.4 Å². The van der Waals surface area contributed by atoms with Crippen molar-refractivity contribution in [3.63, 3.8) is 0 Å². The van der Waals surface area contributed by atoms with E-state index in [-0.39, 0.29) is 0 Å². The topological polar surface area (TPSA) is 66.4 Å². The Kier molecular flexibility index (Phi) is 3.94. The number of hydrogen-bond donors (Lipinski definition) is 2. The molecule has 0 bridgehead atoms. The fraction of sp³-hybridized carbons (Fsp3) is 0.667. The lowest BCUT2D eigenvalue weighted by Crippen LogP contribution is -2.56. The van der Waals surface area contributed by atoms with Crippen LogP contribution in [0.5, 0.6) is 0 Å². The number of hydrogen-bond acceptors (Lipinski definition) is 2. The van der Waals surface area contributed by atoms with Gasteiger partial charge < -0.3 is 10.4 Å². The molecule has 0 saturated heterocycles. The smallest absolute Gasteiger partial charge is 0.329 e. The average molecular weight is 223 g/mol. The number of carbonyl (C=O) groups excluding carboxylic acids is 1. The molecule has 1 aliphatic carbocycles. The van der Waals surface area contributed by atoms with Crippen molar-refractivity contribution in [2.24, 2.45) is 5.92 Å². The molecular weight excluding hydrogens is 206 g/mol. The van der Waals surface area contributed by atoms with Gasteiger partial charge in [0.1, 0.15) is 5.54 Å². The molecule has 0 heterocycles. The molecule has 0 radical (unpaired) electrons. The minimum absolute atomic E-state index is 0.467. The average Bonchev–Trinajstić information content (AvgIpc) is 2.29. The Morgan fingerprint density at radius 3 is 2.44 bits per heavy atom. The van der Waals surface area contributed by atoms with Crippen molar-refractivity contribution in [1.82, 2.24) is 5.32 Å². The zero-order valence-corrected chi connectivity index (χ0v) is 9.45. The second-order valence-corrected chi connectivity index (χ2v) is 4.34. The number of rotatable bonds is 3. The van der Waals surface area contributed by atoms with Gasteiger partial charge in [0.25, 0.3) is 5.91 Å². The van der Waals surface area contributed by atoms with Gasteiger partial charge in [-0.05, 0) is 37.5 Å². The molecule has 1 aliphatic rings. The Labute approximate surface area is 95.4 Å². The zero-order valence-electron chi connectivity index (χ0n) is 9.45. The van der Waals surface area contributed by atoms with Gasteiger partial charge in [-0.1, -0.05) is 13.3 Å². The fourth-order valence-electron chi connectivity index (χ4n) is 2.22. The number of aliphatic carboxylic acids is 1. The fourth-order valence-corrected chi connectivity index (χ4v) is 2.22. The second-order valence-electron chi connectivity index (χ2n) is 4.34. The second kappa shape index (κ2) is 5.02. The molecule has 0 unspecified atom stereocenters. The van der Waals surface area contributed by atoms with Gasteiger partial charge in [-0.3, -0.25) is 4.79 Å². The molecule has 0 aromatic rings. The van der Waals surface area contributed by atoms with Crippen molar-refractivity contribution in [3.05, 3.63) is 0 Å². The lowest BCUT2D eigenvalue weighted by Gasteiger charge is -2.36. The van der Waals surface area contributed by atoms with Crippen molar-refractivity contribution < 1.29 is 14.7 Å². The van der Waals surface area contributed by atoms with Gasteiger partial charge in [0, 0.05) is 0 Å². The predicted molar refractivity (Wildman–Crippen MR) is 59.6 cm³/mol. The molecule has 16 heavy (non-hydrogen) atoms. The third kappa shape index (κ3) is 2.54. The maximum absolute atomic E-state index is 11.2. The van der Waals surface area contributed by atoms with Crippen LogP contribution in [-0.2, 0) is 9.59 Å². The summed E-state index contributed by atoms with van der Waals surface area (Å²) < 4.78 is 0. The number of terminal acetylenes is 1. The third-order valence-corrected chi connectivity index (χ3v) is 3.43. The van der Waals surface area contributed by atoms with Gasteiger partial charge in [0.15, 0.2) is 0 Å². The van der Waals surface area contributed by atoms with E-state index in [4.69, 9.17) is 6.42 Å². The number of carbonyl (C=O) groups is 2. The highest BCUT2D eigenvalue weighted by molar-refractivity contribution is 5.96. The quantitative estimate of drug-likeness (QED) is 0.705. The van der Waals surface area contributed by atoms with Crippen LogP contribution in [0.2, 0.25) is 0 Å². The summed E-state index contributed by atoms with van der Waals surface area (Å²) in [4.78, 5) is 22.4. The molecule has 88 valence electrons. The highest BCUT2D eigenvalue weighted by Crippen LogP contribution is 2.33. The van der Waals surface area contributed by atoms with Gasteiger partial charge in [0.2, 0.25) is 0 Å². The molecule has 0 atom stereocenters. The minimum atomic E-state index is -1.14. The van der Waals surface area contributed by atoms with E-state index >= 15 is 0 Å². The summed E-state index contributed by atoms with van der Waals surface area (Å²) in [6, 6.07) is 0. The monoisotopic (exact) mass is 223 g/mol. The van der Waals surface area contributed by atoms with Crippen molar-refractivity contribution in [2.45, 2.75) is 44.6 Å². The van der Waals surface area contributed by atoms with Crippen LogP contribution in [0.3, 0.4) is 0 Å². The molecule has 4 heteroatoms. The van der Waals surface area contributed by atoms with Crippen LogP contribution in [0.25, 0.3) is 0 Å². The highest BCUT2D eigenvalue weighted by Gasteiger charge is 2.42. The number of carboxylic acids is 1. The summed E-state index contributed by atoms with van der Waals surface area (Å²) in [5.74, 6) is 0.847. The summed E-state index contributed by atoms with van der Waals surface area (Å²) in [6.45, 7) is 2.10. The Hall–Kier alpha value is -1.50. The number of amides is 1. The van der Waals surface area contributed by atoms with E-state index in [1.807, 2.05) is 5.92 Å². The third-order valence-electron chi connectivity index (χ3n) is 3.43. The van der Waals surface area contributed by atoms with Crippen LogP contribution in [0.15, 0.2) is 0 Å². The predicted octanol–water partition coefficient (Wildman–Crippen LogP) is 1.16. The van der Waals surface area contributed by atoms with E-state index in [1.54, 1.807) is 0 Å². The van der Waals surface area contributed by atoms with Crippen LogP contribution in [0.4, 0.5) is 0 Å². The molecule has 1 amide bonds. The summed E-state index contributed by atoms with van der Waals surface area (Å²) in [5.41, 5.74) is -1.14. The van der Waals surface area contributed by atoms with E-state index in [0.29, 0.717) is 18.8 Å². The normalized spacial score (nSPS) is 29.1. The Balaban J connectivity index is 2.73. The molecule has 2 N–H and O–H groups in total. The molecule has 1 saturated carbocycles. The first-order valence-corrected chi connectivity index (χ1v) is 5.56. The van der Waals surface area contributed by atoms with Crippen molar-refractivity contribution in [2.75, 3.05) is 0 Å². The minimum Gasteiger partial charge on any atom is -0.480 e. The van der Waals surface area contributed by atoms with Crippen LogP contribution in [0.1, 0.15) is 39.0 Å². The van der Waals surface area contributed by atoms with Crippen LogP contribution >= 0.6 is 0 Å². The molecule has 0 aliphatic heterocycles. The Morgan fingerprint density at radius 2 is 2.06 bits per heavy atom. The molecule has 0 aromatic heterocycles. The summed E-state index contributed by atoms with van der Waals surface area (Å²) in [6.07, 6.45) is 8.59. The zero-order chi connectivity index (χ0) is 12.2. The number of nitrogens with one attached hydrogen (secondary N) is 1. The SMILES string of the molecule is C#CC(=O)NC1(C(=O)O)CCC(CC)CC1. The number of carboxylic acid groups (broad SMARTS) is 1. The van der Waals surface area contributed by atoms with Crippen molar-refractivity contribution in [3.8, 4) is 12.3 Å². The first-order valence-electron chi connectivity index (χ1n) is 5.56. The molecule has 0 spiro atoms. The first-order chi connectivity index (χ1) is 7.54. The summed E-state index contributed by atoms with van der Waals surface area (Å²) in [5, 5.41) is 11.7. The van der Waals surface area contributed by atoms with Gasteiger partial charge in [0.05, 0.1) is 0 Å².